The van der Waals surface area contributed by atoms with E-state index in [0.717, 1.165) is 10.9 Å². The van der Waals surface area contributed by atoms with Gasteiger partial charge in [-0.2, -0.15) is 5.26 Å². The summed E-state index contributed by atoms with van der Waals surface area (Å²) in [5.74, 6) is -1.46. The Balaban J connectivity index is 1.59. The monoisotopic (exact) mass is 437 g/mol. The largest absolute Gasteiger partial charge is 0.445 e. The number of H-pyrrole nitrogens is 1. The van der Waals surface area contributed by atoms with Crippen molar-refractivity contribution in [3.8, 4) is 6.07 Å². The zero-order valence-corrected chi connectivity index (χ0v) is 17.4. The van der Waals surface area contributed by atoms with Gasteiger partial charge in [0.15, 0.2) is 6.10 Å². The Morgan fingerprint density at radius 2 is 1.64 bits per heavy atom. The van der Waals surface area contributed by atoms with Crippen molar-refractivity contribution in [2.75, 3.05) is 5.32 Å². The number of nitrogens with zero attached hydrogens (tertiary/aromatic N) is 1. The van der Waals surface area contributed by atoms with Crippen LogP contribution in [-0.2, 0) is 9.53 Å². The maximum absolute atomic E-state index is 13.5. The zero-order valence-electron chi connectivity index (χ0n) is 17.4. The number of ether oxygens (including phenoxy) is 1. The van der Waals surface area contributed by atoms with E-state index in [1.54, 1.807) is 36.5 Å². The van der Waals surface area contributed by atoms with E-state index in [1.807, 2.05) is 30.3 Å². The van der Waals surface area contributed by atoms with Crippen LogP contribution in [0.25, 0.3) is 10.9 Å². The van der Waals surface area contributed by atoms with Gasteiger partial charge < -0.3 is 15.0 Å². The van der Waals surface area contributed by atoms with Crippen molar-refractivity contribution >= 4 is 34.3 Å². The maximum Gasteiger partial charge on any atom is 0.339 e. The molecule has 4 rings (SSSR count). The predicted octanol–water partition coefficient (Wildman–Crippen LogP) is 4.80. The van der Waals surface area contributed by atoms with Crippen molar-refractivity contribution in [3.63, 3.8) is 0 Å². The minimum Gasteiger partial charge on any atom is -0.445 e. The highest BCUT2D eigenvalue weighted by Crippen LogP contribution is 2.28. The molecule has 4 aromatic rings. The van der Waals surface area contributed by atoms with Crippen LogP contribution in [0.3, 0.4) is 0 Å². The summed E-state index contributed by atoms with van der Waals surface area (Å²) >= 11 is 0. The third-order valence-corrected chi connectivity index (χ3v) is 5.06. The van der Waals surface area contributed by atoms with E-state index in [2.05, 4.69) is 10.3 Å². The molecular weight excluding hydrogens is 418 g/mol. The molecule has 0 aliphatic heterocycles. The molecule has 1 unspecified atom stereocenters. The van der Waals surface area contributed by atoms with Crippen LogP contribution in [0.4, 0.5) is 5.69 Å². The molecule has 7 nitrogen and oxygen atoms in total. The van der Waals surface area contributed by atoms with E-state index in [0.29, 0.717) is 16.8 Å². The number of aromatic amines is 1. The molecule has 0 aliphatic rings. The summed E-state index contributed by atoms with van der Waals surface area (Å²) in [7, 11) is 0. The van der Waals surface area contributed by atoms with Crippen LogP contribution < -0.4 is 5.32 Å². The fourth-order valence-corrected chi connectivity index (χ4v) is 3.46. The molecule has 33 heavy (non-hydrogen) atoms. The summed E-state index contributed by atoms with van der Waals surface area (Å²) in [5, 5.41) is 11.9. The number of Topliss-reactive ketones (excluding diaryl/α,β-unsaturated/α-hetero) is 1. The van der Waals surface area contributed by atoms with Crippen molar-refractivity contribution < 1.29 is 19.1 Å². The summed E-state index contributed by atoms with van der Waals surface area (Å²) in [6, 6.07) is 24.1. The molecule has 0 aliphatic carbocycles. The molecule has 0 fully saturated rings. The highest BCUT2D eigenvalue weighted by Gasteiger charge is 2.28. The van der Waals surface area contributed by atoms with E-state index in [4.69, 9.17) is 10.00 Å². The van der Waals surface area contributed by atoms with Gasteiger partial charge in [-0.3, -0.25) is 9.59 Å². The van der Waals surface area contributed by atoms with Crippen molar-refractivity contribution in [2.45, 2.75) is 12.5 Å². The Labute approximate surface area is 189 Å². The number of esters is 1. The van der Waals surface area contributed by atoms with Crippen LogP contribution in [0, 0.1) is 11.3 Å². The lowest BCUT2D eigenvalue weighted by atomic mass is 9.99. The van der Waals surface area contributed by atoms with Crippen LogP contribution in [0.5, 0.6) is 0 Å². The average Bonchev–Trinajstić information content (AvgIpc) is 3.27. The Morgan fingerprint density at radius 3 is 2.36 bits per heavy atom. The number of rotatable bonds is 7. The zero-order chi connectivity index (χ0) is 23.2. The Morgan fingerprint density at radius 1 is 0.939 bits per heavy atom. The molecule has 0 spiro atoms. The lowest BCUT2D eigenvalue weighted by Gasteiger charge is -2.17. The fraction of sp³-hybridized carbons (Fsp3) is 0.0769. The summed E-state index contributed by atoms with van der Waals surface area (Å²) in [6.07, 6.45) is 0.224. The number of ketones is 1. The third kappa shape index (κ3) is 4.81. The van der Waals surface area contributed by atoms with E-state index in [-0.39, 0.29) is 17.8 Å². The molecule has 2 N–H and O–H groups in total. The lowest BCUT2D eigenvalue weighted by Crippen LogP contribution is -2.20. The number of para-hydroxylation sites is 1. The van der Waals surface area contributed by atoms with Gasteiger partial charge in [0.25, 0.3) is 0 Å². The van der Waals surface area contributed by atoms with Crippen LogP contribution in [0.1, 0.15) is 38.8 Å². The fourth-order valence-electron chi connectivity index (χ4n) is 3.46. The van der Waals surface area contributed by atoms with Gasteiger partial charge in [-0.1, -0.05) is 48.5 Å². The Kier molecular flexibility index (Phi) is 6.28. The van der Waals surface area contributed by atoms with Crippen molar-refractivity contribution in [2.24, 2.45) is 0 Å². The topological polar surface area (TPSA) is 112 Å². The van der Waals surface area contributed by atoms with E-state index in [1.165, 1.54) is 24.3 Å². The number of fused-ring (bicyclic) bond motifs is 1. The quantitative estimate of drug-likeness (QED) is 0.319. The summed E-state index contributed by atoms with van der Waals surface area (Å²) < 4.78 is 5.68. The predicted molar refractivity (Wildman–Crippen MR) is 123 cm³/mol. The molecule has 1 heterocycles. The second kappa shape index (κ2) is 9.62. The summed E-state index contributed by atoms with van der Waals surface area (Å²) in [6.45, 7) is 0. The number of carbonyl (C=O) groups is 3. The van der Waals surface area contributed by atoms with Crippen molar-refractivity contribution in [3.05, 3.63) is 102 Å². The van der Waals surface area contributed by atoms with Gasteiger partial charge in [-0.15, -0.1) is 0 Å². The van der Waals surface area contributed by atoms with E-state index >= 15 is 0 Å². The first kappa shape index (κ1) is 21.5. The number of aromatic nitrogens is 1. The Bertz CT molecular complexity index is 1350. The SMILES string of the molecule is N#CCC(=O)Nc1ccc(C(=O)OC(C(=O)c2c[nH]c3ccccc23)c2ccccc2)cc1. The normalized spacial score (nSPS) is 11.4. The van der Waals surface area contributed by atoms with E-state index in [9.17, 15) is 14.4 Å². The number of hydrogen-bond donors (Lipinski definition) is 2. The first-order valence-corrected chi connectivity index (χ1v) is 10.2. The number of anilines is 1. The molecule has 1 atom stereocenters. The first-order valence-electron chi connectivity index (χ1n) is 10.2. The van der Waals surface area contributed by atoms with Gasteiger partial charge in [-0.05, 0) is 30.3 Å². The number of carbonyl (C=O) groups excluding carboxylic acids is 3. The number of nitrogens with one attached hydrogen (secondary N) is 2. The first-order chi connectivity index (χ1) is 16.1. The second-order valence-electron chi connectivity index (χ2n) is 7.27. The highest BCUT2D eigenvalue weighted by atomic mass is 16.5. The highest BCUT2D eigenvalue weighted by molar-refractivity contribution is 6.11. The number of nitriles is 1. The summed E-state index contributed by atoms with van der Waals surface area (Å²) in [5.41, 5.74) is 2.47. The van der Waals surface area contributed by atoms with Gasteiger partial charge in [0.1, 0.15) is 6.42 Å². The third-order valence-electron chi connectivity index (χ3n) is 5.06. The minimum absolute atomic E-state index is 0.223. The molecule has 0 saturated carbocycles. The molecule has 0 radical (unpaired) electrons. The number of amides is 1. The lowest BCUT2D eigenvalue weighted by molar-refractivity contribution is -0.115. The van der Waals surface area contributed by atoms with Gasteiger partial charge in [0.05, 0.1) is 11.6 Å². The van der Waals surface area contributed by atoms with Gasteiger partial charge in [-0.25, -0.2) is 4.79 Å². The van der Waals surface area contributed by atoms with Crippen LogP contribution in [0.15, 0.2) is 85.1 Å². The number of benzene rings is 3. The molecule has 3 aromatic carbocycles. The molecule has 0 bridgehead atoms. The summed E-state index contributed by atoms with van der Waals surface area (Å²) in [4.78, 5) is 41.0. The standard InChI is InChI=1S/C26H19N3O4/c27-15-14-23(30)29-19-12-10-18(11-13-19)26(32)33-25(17-6-2-1-3-7-17)24(31)21-16-28-22-9-5-4-8-20(21)22/h1-13,16,25,28H,14H2,(H,29,30). The second-order valence-corrected chi connectivity index (χ2v) is 7.27. The van der Waals surface area contributed by atoms with Gasteiger partial charge in [0, 0.05) is 33.9 Å². The van der Waals surface area contributed by atoms with E-state index < -0.39 is 18.0 Å². The maximum atomic E-state index is 13.5. The smallest absolute Gasteiger partial charge is 0.339 e. The van der Waals surface area contributed by atoms with Gasteiger partial charge >= 0.3 is 5.97 Å². The molecule has 162 valence electrons. The molecular formula is C26H19N3O4. The van der Waals surface area contributed by atoms with Crippen LogP contribution >= 0.6 is 0 Å². The Hall–Kier alpha value is -4.70. The number of hydrogen-bond acceptors (Lipinski definition) is 5. The average molecular weight is 437 g/mol. The van der Waals surface area contributed by atoms with Crippen LogP contribution in [-0.4, -0.2) is 22.6 Å². The van der Waals surface area contributed by atoms with Crippen molar-refractivity contribution in [1.29, 1.82) is 5.26 Å². The molecule has 1 amide bonds. The molecule has 0 saturated heterocycles. The van der Waals surface area contributed by atoms with Crippen LogP contribution in [0.2, 0.25) is 0 Å². The molecule has 7 heteroatoms. The van der Waals surface area contributed by atoms with Gasteiger partial charge in [0.2, 0.25) is 11.7 Å². The minimum atomic E-state index is -1.13. The van der Waals surface area contributed by atoms with Crippen molar-refractivity contribution in [1.82, 2.24) is 4.98 Å². The molecule has 1 aromatic heterocycles.